The molecule has 0 saturated carbocycles. The van der Waals surface area contributed by atoms with Crippen LogP contribution >= 0.6 is 17.0 Å². The first kappa shape index (κ1) is 33.0. The van der Waals surface area contributed by atoms with Crippen LogP contribution in [-0.2, 0) is 15.6 Å². The average molecular weight is 752 g/mol. The van der Waals surface area contributed by atoms with E-state index in [1.165, 1.54) is 83.1 Å². The van der Waals surface area contributed by atoms with E-state index in [9.17, 15) is 0 Å². The summed E-state index contributed by atoms with van der Waals surface area (Å²) in [6.07, 6.45) is 4.94. The molecule has 7 rings (SSSR count). The average Bonchev–Trinajstić information content (AvgIpc) is 3.63. The first-order chi connectivity index (χ1) is 22.3. The normalized spacial score (nSPS) is 18.3. The van der Waals surface area contributed by atoms with E-state index in [-0.39, 0.29) is 7.25 Å². The molecule has 0 N–H and O–H groups in total. The minimum atomic E-state index is -4.87. The molecule has 4 heteroatoms. The van der Waals surface area contributed by atoms with E-state index in [0.717, 1.165) is 0 Å². The Kier molecular flexibility index (Phi) is 8.32. The van der Waals surface area contributed by atoms with Gasteiger partial charge in [-0.15, -0.1) is 0 Å². The molecule has 0 nitrogen and oxygen atoms in total. The summed E-state index contributed by atoms with van der Waals surface area (Å²) in [4.78, 5) is 0. The third kappa shape index (κ3) is 5.00. The van der Waals surface area contributed by atoms with Crippen molar-refractivity contribution in [2.75, 3.05) is 0 Å². The predicted octanol–water partition coefficient (Wildman–Crippen LogP) is 13.3. The first-order valence-corrected chi connectivity index (χ1v) is 33.4. The van der Waals surface area contributed by atoms with Crippen LogP contribution in [0.5, 0.6) is 0 Å². The number of aryl methyl sites for hydroxylation is 3. The Morgan fingerprint density at radius 3 is 2.04 bits per heavy atom. The van der Waals surface area contributed by atoms with Gasteiger partial charge < -0.3 is 0 Å². The van der Waals surface area contributed by atoms with Gasteiger partial charge in [0, 0.05) is 0 Å². The van der Waals surface area contributed by atoms with Crippen molar-refractivity contribution in [1.29, 1.82) is 0 Å². The summed E-state index contributed by atoms with van der Waals surface area (Å²) in [6, 6.07) is 33.7. The second-order valence-electron chi connectivity index (χ2n) is 14.8. The molecule has 5 aromatic rings. The predicted molar refractivity (Wildman–Crippen MR) is 208 cm³/mol. The van der Waals surface area contributed by atoms with Crippen molar-refractivity contribution in [3.8, 4) is 22.3 Å². The van der Waals surface area contributed by atoms with Crippen molar-refractivity contribution < 1.29 is 15.6 Å². The van der Waals surface area contributed by atoms with Crippen LogP contribution in [0.3, 0.4) is 0 Å². The van der Waals surface area contributed by atoms with Crippen molar-refractivity contribution >= 4 is 45.9 Å². The summed E-state index contributed by atoms with van der Waals surface area (Å²) >= 11 is -4.87. The number of hydrogen-bond acceptors (Lipinski definition) is 0. The van der Waals surface area contributed by atoms with E-state index in [4.69, 9.17) is 17.0 Å². The van der Waals surface area contributed by atoms with E-state index >= 15 is 0 Å². The summed E-state index contributed by atoms with van der Waals surface area (Å²) in [5.41, 5.74) is 17.2. The Hall–Kier alpha value is -2.48. The fourth-order valence-electron chi connectivity index (χ4n) is 8.86. The SMILES string of the molecule is CC1=Cc2c(-c3cccc4ccccc34)ccc(C)c2[CH]1[Zr]([Cl])([Cl])([CH]1C(C(C)C)=Cc2c(-c3cc(C)ccc3C)cccc21)[SiH](C)C. The number of hydrogen-bond donors (Lipinski definition) is 0. The Bertz CT molecular complexity index is 2150. The van der Waals surface area contributed by atoms with E-state index in [1.54, 1.807) is 0 Å². The Labute approximate surface area is 290 Å². The van der Waals surface area contributed by atoms with Crippen LogP contribution in [0, 0.1) is 26.7 Å². The zero-order chi connectivity index (χ0) is 33.4. The molecule has 0 aliphatic heterocycles. The Balaban J connectivity index is 1.48. The first-order valence-electron chi connectivity index (χ1n) is 17.1. The summed E-state index contributed by atoms with van der Waals surface area (Å²) in [6.45, 7) is 18.6. The van der Waals surface area contributed by atoms with Gasteiger partial charge in [-0.25, -0.2) is 0 Å². The van der Waals surface area contributed by atoms with Gasteiger partial charge >= 0.3 is 293 Å². The number of fused-ring (bicyclic) bond motifs is 3. The van der Waals surface area contributed by atoms with Gasteiger partial charge in [-0.05, 0) is 0 Å². The van der Waals surface area contributed by atoms with Crippen molar-refractivity contribution in [1.82, 2.24) is 0 Å². The molecule has 47 heavy (non-hydrogen) atoms. The topological polar surface area (TPSA) is 0 Å². The van der Waals surface area contributed by atoms with Gasteiger partial charge in [-0.3, -0.25) is 0 Å². The molecule has 5 aromatic carbocycles. The molecule has 0 radical (unpaired) electrons. The number of rotatable bonds is 6. The maximum atomic E-state index is 8.71. The summed E-state index contributed by atoms with van der Waals surface area (Å²) in [5.74, 6) is -1.32. The fourth-order valence-corrected chi connectivity index (χ4v) is 41.1. The van der Waals surface area contributed by atoms with E-state index < -0.39 is 21.5 Å². The van der Waals surface area contributed by atoms with Crippen LogP contribution in [-0.4, -0.2) is 5.92 Å². The van der Waals surface area contributed by atoms with E-state index in [2.05, 4.69) is 158 Å². The molecule has 0 aromatic heterocycles. The molecule has 239 valence electrons. The standard InChI is InChI=1S/C21H17.C20H21.C2H7Si.2ClH.Zr/c1-14-12-20-15(2)10-11-19(21(20)13-14)18-9-5-7-16-6-3-4-8-17(16)18;1-13(2)17-11-16-6-5-7-18(20(16)12-17)19-10-14(3)8-9-15(19)4;1-3-2;;;/h3-13H,1-2H3;5-13H,1-4H3;3H,1-2H3;2*1H;/q;;;;;+2/p-2. The number of halogens is 2. The second kappa shape index (κ2) is 11.8. The van der Waals surface area contributed by atoms with Gasteiger partial charge in [0.05, 0.1) is 0 Å². The van der Waals surface area contributed by atoms with Crippen LogP contribution in [0.15, 0.2) is 102 Å². The minimum absolute atomic E-state index is 0.0684. The van der Waals surface area contributed by atoms with Gasteiger partial charge in [-0.2, -0.15) is 0 Å². The van der Waals surface area contributed by atoms with Crippen molar-refractivity contribution in [2.24, 2.45) is 5.92 Å². The van der Waals surface area contributed by atoms with Crippen LogP contribution in [0.2, 0.25) is 13.1 Å². The summed E-state index contributed by atoms with van der Waals surface area (Å²) in [5, 5.41) is 2.54. The van der Waals surface area contributed by atoms with Crippen LogP contribution in [0.1, 0.15) is 67.0 Å². The second-order valence-corrected chi connectivity index (χ2v) is 57.4. The zero-order valence-corrected chi connectivity index (χ0v) is 34.0. The van der Waals surface area contributed by atoms with Crippen molar-refractivity contribution in [2.45, 2.75) is 61.9 Å². The molecule has 0 amide bonds. The molecule has 2 aliphatic rings. The van der Waals surface area contributed by atoms with Gasteiger partial charge in [0.25, 0.3) is 0 Å². The number of benzene rings is 5. The molecule has 0 bridgehead atoms. The van der Waals surface area contributed by atoms with E-state index in [0.29, 0.717) is 5.92 Å². The van der Waals surface area contributed by atoms with Gasteiger partial charge in [0.15, 0.2) is 0 Å². The Morgan fingerprint density at radius 2 is 1.30 bits per heavy atom. The number of allylic oxidation sites excluding steroid dienone is 2. The van der Waals surface area contributed by atoms with Gasteiger partial charge in [0.1, 0.15) is 0 Å². The van der Waals surface area contributed by atoms with Crippen LogP contribution < -0.4 is 0 Å². The molecule has 0 heterocycles. The third-order valence-electron chi connectivity index (χ3n) is 11.4. The maximum absolute atomic E-state index is 8.71. The van der Waals surface area contributed by atoms with E-state index in [1.807, 2.05) is 0 Å². The Morgan fingerprint density at radius 1 is 0.638 bits per heavy atom. The monoisotopic (exact) mass is 749 g/mol. The van der Waals surface area contributed by atoms with Crippen LogP contribution in [0.25, 0.3) is 45.2 Å². The third-order valence-corrected chi connectivity index (χ3v) is 63.3. The van der Waals surface area contributed by atoms with Crippen LogP contribution in [0.4, 0.5) is 0 Å². The molecule has 0 fully saturated rings. The van der Waals surface area contributed by atoms with Crippen molar-refractivity contribution in [3.63, 3.8) is 0 Å². The molecule has 2 atom stereocenters. The summed E-state index contributed by atoms with van der Waals surface area (Å²) < 4.78 is 0.144. The molecule has 2 aliphatic carbocycles. The van der Waals surface area contributed by atoms with Gasteiger partial charge in [-0.1, -0.05) is 0 Å². The summed E-state index contributed by atoms with van der Waals surface area (Å²) in [7, 11) is 17.4. The van der Waals surface area contributed by atoms with Crippen molar-refractivity contribution in [3.05, 3.63) is 141 Å². The fraction of sp³-hybridized carbons (Fsp3) is 0.256. The molecular formula is C43H45Cl2SiZr. The zero-order valence-electron chi connectivity index (χ0n) is 28.9. The quantitative estimate of drug-likeness (QED) is 0.152. The molecule has 0 spiro atoms. The molecular weight excluding hydrogens is 707 g/mol. The molecule has 0 saturated heterocycles. The molecule has 2 unspecified atom stereocenters. The van der Waals surface area contributed by atoms with Gasteiger partial charge in [0.2, 0.25) is 0 Å².